The zero-order valence-electron chi connectivity index (χ0n) is 10.7. The van der Waals surface area contributed by atoms with Crippen molar-refractivity contribution in [1.82, 2.24) is 5.01 Å². The molecule has 0 bridgehead atoms. The molecule has 3 aromatic rings. The summed E-state index contributed by atoms with van der Waals surface area (Å²) >= 11 is 0. The molecule has 0 aliphatic heterocycles. The average Bonchev–Trinajstić information content (AvgIpc) is 3.25. The molecule has 3 rings (SSSR count). The van der Waals surface area contributed by atoms with Crippen molar-refractivity contribution < 1.29 is 22.8 Å². The highest BCUT2D eigenvalue weighted by Gasteiger charge is 2.27. The molecule has 0 atom stereocenters. The van der Waals surface area contributed by atoms with Gasteiger partial charge in [-0.3, -0.25) is 9.59 Å². The van der Waals surface area contributed by atoms with E-state index >= 15 is 0 Å². The summed E-state index contributed by atoms with van der Waals surface area (Å²) in [6, 6.07) is 6.31. The highest BCUT2D eigenvalue weighted by molar-refractivity contribution is 6.10. The molecule has 2 amide bonds. The molecule has 0 saturated heterocycles. The van der Waals surface area contributed by atoms with E-state index in [0.717, 1.165) is 0 Å². The molecule has 0 spiro atoms. The first-order chi connectivity index (χ1) is 10.2. The lowest BCUT2D eigenvalue weighted by Crippen LogP contribution is -2.42. The summed E-state index contributed by atoms with van der Waals surface area (Å²) < 4.78 is 15.1. The first-order valence-corrected chi connectivity index (χ1v) is 5.95. The fourth-order valence-electron chi connectivity index (χ4n) is 1.83. The zero-order valence-corrected chi connectivity index (χ0v) is 10.7. The number of amides is 2. The first-order valence-electron chi connectivity index (χ1n) is 5.95. The molecule has 0 aliphatic rings. The molecule has 0 aliphatic carbocycles. The molecule has 3 heterocycles. The number of hydrogen-bond donors (Lipinski definition) is 1. The SMILES string of the molecule is NN(C(=O)c1ccoc1)C(=O)c1occc1-c1ccco1. The van der Waals surface area contributed by atoms with Crippen LogP contribution in [0.1, 0.15) is 20.9 Å². The van der Waals surface area contributed by atoms with Crippen LogP contribution in [0.25, 0.3) is 11.3 Å². The molecule has 106 valence electrons. The Balaban J connectivity index is 1.89. The van der Waals surface area contributed by atoms with Gasteiger partial charge in [0, 0.05) is 0 Å². The molecule has 0 fully saturated rings. The van der Waals surface area contributed by atoms with Gasteiger partial charge in [-0.25, -0.2) is 10.9 Å². The molecule has 21 heavy (non-hydrogen) atoms. The second kappa shape index (κ2) is 5.14. The number of hydrazine groups is 1. The number of rotatable bonds is 3. The van der Waals surface area contributed by atoms with E-state index in [9.17, 15) is 9.59 Å². The van der Waals surface area contributed by atoms with Crippen molar-refractivity contribution in [1.29, 1.82) is 0 Å². The van der Waals surface area contributed by atoms with Gasteiger partial charge in [-0.05, 0) is 24.3 Å². The molecule has 2 N–H and O–H groups in total. The van der Waals surface area contributed by atoms with Crippen LogP contribution in [0.2, 0.25) is 0 Å². The van der Waals surface area contributed by atoms with Crippen molar-refractivity contribution in [2.45, 2.75) is 0 Å². The van der Waals surface area contributed by atoms with Gasteiger partial charge in [-0.1, -0.05) is 0 Å². The van der Waals surface area contributed by atoms with Crippen LogP contribution in [-0.4, -0.2) is 16.8 Å². The first kappa shape index (κ1) is 12.9. The van der Waals surface area contributed by atoms with Crippen molar-refractivity contribution in [3.8, 4) is 11.3 Å². The number of imide groups is 1. The minimum atomic E-state index is -0.780. The summed E-state index contributed by atoms with van der Waals surface area (Å²) in [6.07, 6.45) is 5.30. The van der Waals surface area contributed by atoms with Crippen LogP contribution in [0.3, 0.4) is 0 Å². The summed E-state index contributed by atoms with van der Waals surface area (Å²) in [5, 5.41) is 0.468. The van der Waals surface area contributed by atoms with E-state index in [1.54, 1.807) is 18.2 Å². The third kappa shape index (κ3) is 2.26. The Morgan fingerprint density at radius 2 is 1.86 bits per heavy atom. The number of carbonyl (C=O) groups excluding carboxylic acids is 2. The summed E-state index contributed by atoms with van der Waals surface area (Å²) in [7, 11) is 0. The van der Waals surface area contributed by atoms with E-state index in [0.29, 0.717) is 16.3 Å². The average molecular weight is 286 g/mol. The fraction of sp³-hybridized carbons (Fsp3) is 0. The lowest BCUT2D eigenvalue weighted by atomic mass is 10.2. The van der Waals surface area contributed by atoms with Crippen molar-refractivity contribution in [2.24, 2.45) is 5.84 Å². The van der Waals surface area contributed by atoms with Crippen LogP contribution in [0.4, 0.5) is 0 Å². The standard InChI is InChI=1S/C14H10N2O5/c15-16(13(17)9-3-6-19-8-9)14(18)12-10(4-7-21-12)11-2-1-5-20-11/h1-8H,15H2. The zero-order chi connectivity index (χ0) is 14.8. The van der Waals surface area contributed by atoms with Crippen LogP contribution < -0.4 is 5.84 Å². The normalized spacial score (nSPS) is 10.5. The Labute approximate surface area is 118 Å². The second-order valence-corrected chi connectivity index (χ2v) is 4.13. The van der Waals surface area contributed by atoms with Gasteiger partial charge in [0.2, 0.25) is 5.76 Å². The quantitative estimate of drug-likeness (QED) is 0.343. The largest absolute Gasteiger partial charge is 0.472 e. The maximum absolute atomic E-state index is 12.3. The van der Waals surface area contributed by atoms with Gasteiger partial charge in [-0.15, -0.1) is 0 Å². The summed E-state index contributed by atoms with van der Waals surface area (Å²) in [6.45, 7) is 0. The lowest BCUT2D eigenvalue weighted by molar-refractivity contribution is 0.0596. The van der Waals surface area contributed by atoms with E-state index in [1.165, 1.54) is 31.1 Å². The Morgan fingerprint density at radius 3 is 2.52 bits per heavy atom. The molecule has 0 saturated carbocycles. The van der Waals surface area contributed by atoms with Gasteiger partial charge in [0.05, 0.1) is 29.9 Å². The Kier molecular flexibility index (Phi) is 3.17. The number of nitrogens with zero attached hydrogens (tertiary/aromatic N) is 1. The highest BCUT2D eigenvalue weighted by Crippen LogP contribution is 2.26. The van der Waals surface area contributed by atoms with E-state index in [4.69, 9.17) is 19.1 Å². The van der Waals surface area contributed by atoms with Crippen LogP contribution in [0.15, 0.2) is 62.6 Å². The second-order valence-electron chi connectivity index (χ2n) is 4.13. The van der Waals surface area contributed by atoms with Crippen LogP contribution >= 0.6 is 0 Å². The molecular weight excluding hydrogens is 276 g/mol. The monoisotopic (exact) mass is 286 g/mol. The molecule has 0 radical (unpaired) electrons. The van der Waals surface area contributed by atoms with Crippen molar-refractivity contribution >= 4 is 11.8 Å². The number of nitrogens with two attached hydrogens (primary N) is 1. The van der Waals surface area contributed by atoms with E-state index < -0.39 is 11.8 Å². The van der Waals surface area contributed by atoms with Crippen molar-refractivity contribution in [2.75, 3.05) is 0 Å². The summed E-state index contributed by atoms with van der Waals surface area (Å²) in [4.78, 5) is 24.3. The summed E-state index contributed by atoms with van der Waals surface area (Å²) in [5.41, 5.74) is 0.581. The maximum atomic E-state index is 12.3. The predicted octanol–water partition coefficient (Wildman–Crippen LogP) is 2.29. The van der Waals surface area contributed by atoms with E-state index in [1.807, 2.05) is 0 Å². The molecular formula is C14H10N2O5. The number of furan rings is 3. The van der Waals surface area contributed by atoms with E-state index in [2.05, 4.69) is 0 Å². The Bertz CT molecular complexity index is 755. The van der Waals surface area contributed by atoms with Crippen LogP contribution in [0.5, 0.6) is 0 Å². The van der Waals surface area contributed by atoms with Gasteiger partial charge < -0.3 is 13.3 Å². The molecule has 7 heteroatoms. The minimum absolute atomic E-state index is 0.0794. The van der Waals surface area contributed by atoms with E-state index in [-0.39, 0.29) is 11.3 Å². The maximum Gasteiger partial charge on any atom is 0.311 e. The van der Waals surface area contributed by atoms with Gasteiger partial charge in [0.1, 0.15) is 12.0 Å². The third-order valence-corrected chi connectivity index (χ3v) is 2.85. The van der Waals surface area contributed by atoms with Gasteiger partial charge in [-0.2, -0.15) is 0 Å². The van der Waals surface area contributed by atoms with Gasteiger partial charge in [0.25, 0.3) is 5.91 Å². The topological polar surface area (TPSA) is 103 Å². The Morgan fingerprint density at radius 1 is 1.00 bits per heavy atom. The number of hydrogen-bond acceptors (Lipinski definition) is 6. The van der Waals surface area contributed by atoms with Gasteiger partial charge >= 0.3 is 5.91 Å². The Hall–Kier alpha value is -3.06. The fourth-order valence-corrected chi connectivity index (χ4v) is 1.83. The van der Waals surface area contributed by atoms with Crippen LogP contribution in [-0.2, 0) is 0 Å². The number of carbonyl (C=O) groups is 2. The lowest BCUT2D eigenvalue weighted by Gasteiger charge is -2.12. The third-order valence-electron chi connectivity index (χ3n) is 2.85. The smallest absolute Gasteiger partial charge is 0.311 e. The van der Waals surface area contributed by atoms with Gasteiger partial charge in [0.15, 0.2) is 0 Å². The highest BCUT2D eigenvalue weighted by atomic mass is 16.4. The molecule has 7 nitrogen and oxygen atoms in total. The molecule has 0 aromatic carbocycles. The predicted molar refractivity (Wildman–Crippen MR) is 69.8 cm³/mol. The van der Waals surface area contributed by atoms with Crippen molar-refractivity contribution in [3.63, 3.8) is 0 Å². The molecule has 3 aromatic heterocycles. The minimum Gasteiger partial charge on any atom is -0.472 e. The van der Waals surface area contributed by atoms with Crippen LogP contribution in [0, 0.1) is 0 Å². The summed E-state index contributed by atoms with van der Waals surface area (Å²) in [5.74, 6) is 4.45. The van der Waals surface area contributed by atoms with Crippen molar-refractivity contribution in [3.05, 3.63) is 60.6 Å². The molecule has 0 unspecified atom stereocenters.